The lowest BCUT2D eigenvalue weighted by atomic mass is 10.1. The highest BCUT2D eigenvalue weighted by Gasteiger charge is 2.18. The molecular formula is C8H15NO2. The molecule has 64 valence electrons. The fraction of sp³-hybridized carbons (Fsp3) is 0.875. The van der Waals surface area contributed by atoms with Gasteiger partial charge in [-0.3, -0.25) is 4.79 Å². The molecule has 3 heteroatoms. The number of amides is 1. The summed E-state index contributed by atoms with van der Waals surface area (Å²) in [5, 5.41) is 2.78. The maximum atomic E-state index is 11.0. The predicted molar refractivity (Wildman–Crippen MR) is 42.2 cm³/mol. The summed E-state index contributed by atoms with van der Waals surface area (Å²) in [5.41, 5.74) is 0. The summed E-state index contributed by atoms with van der Waals surface area (Å²) in [4.78, 5) is 11.0. The molecule has 1 rings (SSSR count). The van der Waals surface area contributed by atoms with E-state index in [1.165, 1.54) is 0 Å². The first-order valence-electron chi connectivity index (χ1n) is 4.17. The molecule has 0 aliphatic carbocycles. The summed E-state index contributed by atoms with van der Waals surface area (Å²) in [7, 11) is 0. The molecule has 1 saturated heterocycles. The first kappa shape index (κ1) is 8.53. The minimum atomic E-state index is 0.156. The van der Waals surface area contributed by atoms with Crippen molar-refractivity contribution >= 4 is 5.91 Å². The molecular weight excluding hydrogens is 142 g/mol. The number of carbonyl (C=O) groups excluding carboxylic acids is 1. The smallest absolute Gasteiger partial charge is 0.220 e. The molecule has 0 aromatic heterocycles. The van der Waals surface area contributed by atoms with Crippen LogP contribution in [0.25, 0.3) is 0 Å². The summed E-state index contributed by atoms with van der Waals surface area (Å²) in [6.45, 7) is 4.25. The fourth-order valence-electron chi connectivity index (χ4n) is 1.28. The maximum absolute atomic E-state index is 11.0. The van der Waals surface area contributed by atoms with Crippen molar-refractivity contribution in [3.63, 3.8) is 0 Å². The van der Waals surface area contributed by atoms with Crippen LogP contribution >= 0.6 is 0 Å². The fourth-order valence-corrected chi connectivity index (χ4v) is 1.28. The van der Waals surface area contributed by atoms with Crippen molar-refractivity contribution in [3.8, 4) is 0 Å². The van der Waals surface area contributed by atoms with Gasteiger partial charge in [-0.2, -0.15) is 0 Å². The van der Waals surface area contributed by atoms with Gasteiger partial charge >= 0.3 is 0 Å². The van der Waals surface area contributed by atoms with Gasteiger partial charge in [0.15, 0.2) is 0 Å². The standard InChI is InChI=1S/C8H15NO2/c1-2-9-8(10)5-7-3-4-11-6-7/h7H,2-6H2,1H3,(H,9,10). The zero-order valence-electron chi connectivity index (χ0n) is 6.93. The lowest BCUT2D eigenvalue weighted by Gasteiger charge is -2.05. The van der Waals surface area contributed by atoms with Crippen molar-refractivity contribution in [3.05, 3.63) is 0 Å². The van der Waals surface area contributed by atoms with Gasteiger partial charge in [0.1, 0.15) is 0 Å². The Balaban J connectivity index is 2.13. The normalized spacial score (nSPS) is 23.5. The molecule has 1 heterocycles. The van der Waals surface area contributed by atoms with Gasteiger partial charge in [0.25, 0.3) is 0 Å². The van der Waals surface area contributed by atoms with Gasteiger partial charge in [-0.25, -0.2) is 0 Å². The Kier molecular flexibility index (Phi) is 3.36. The molecule has 1 unspecified atom stereocenters. The lowest BCUT2D eigenvalue weighted by Crippen LogP contribution is -2.25. The van der Waals surface area contributed by atoms with Crippen molar-refractivity contribution in [1.29, 1.82) is 0 Å². The van der Waals surface area contributed by atoms with Gasteiger partial charge in [-0.1, -0.05) is 0 Å². The van der Waals surface area contributed by atoms with Gasteiger partial charge in [-0.05, 0) is 19.3 Å². The summed E-state index contributed by atoms with van der Waals surface area (Å²) < 4.78 is 5.16. The third-order valence-electron chi connectivity index (χ3n) is 1.87. The average Bonchev–Trinajstić information content (AvgIpc) is 2.40. The molecule has 0 radical (unpaired) electrons. The second-order valence-corrected chi connectivity index (χ2v) is 2.89. The molecule has 1 fully saturated rings. The van der Waals surface area contributed by atoms with Crippen LogP contribution in [0.5, 0.6) is 0 Å². The summed E-state index contributed by atoms with van der Waals surface area (Å²) in [6, 6.07) is 0. The van der Waals surface area contributed by atoms with Crippen LogP contribution in [0.3, 0.4) is 0 Å². The first-order chi connectivity index (χ1) is 5.33. The van der Waals surface area contributed by atoms with Crippen LogP contribution in [0.1, 0.15) is 19.8 Å². The second-order valence-electron chi connectivity index (χ2n) is 2.89. The molecule has 0 spiro atoms. The van der Waals surface area contributed by atoms with Gasteiger partial charge in [0.2, 0.25) is 5.91 Å². The number of hydrogen-bond donors (Lipinski definition) is 1. The van der Waals surface area contributed by atoms with Crippen LogP contribution in [-0.2, 0) is 9.53 Å². The molecule has 0 aromatic carbocycles. The molecule has 0 aromatic rings. The van der Waals surface area contributed by atoms with E-state index in [-0.39, 0.29) is 5.91 Å². The van der Waals surface area contributed by atoms with Gasteiger partial charge in [0, 0.05) is 26.2 Å². The Labute approximate surface area is 67.1 Å². The van der Waals surface area contributed by atoms with E-state index < -0.39 is 0 Å². The number of ether oxygens (including phenoxy) is 1. The van der Waals surface area contributed by atoms with E-state index in [1.54, 1.807) is 0 Å². The number of carbonyl (C=O) groups is 1. The lowest BCUT2D eigenvalue weighted by molar-refractivity contribution is -0.121. The SMILES string of the molecule is CCNC(=O)CC1CCOC1. The van der Waals surface area contributed by atoms with Crippen LogP contribution in [-0.4, -0.2) is 25.7 Å². The number of nitrogens with one attached hydrogen (secondary N) is 1. The van der Waals surface area contributed by atoms with E-state index in [1.807, 2.05) is 6.92 Å². The molecule has 11 heavy (non-hydrogen) atoms. The van der Waals surface area contributed by atoms with E-state index in [0.717, 1.165) is 26.2 Å². The van der Waals surface area contributed by atoms with E-state index >= 15 is 0 Å². The Morgan fingerprint density at radius 1 is 1.73 bits per heavy atom. The Hall–Kier alpha value is -0.570. The van der Waals surface area contributed by atoms with Crippen molar-refractivity contribution in [2.45, 2.75) is 19.8 Å². The van der Waals surface area contributed by atoms with Crippen molar-refractivity contribution < 1.29 is 9.53 Å². The molecule has 3 nitrogen and oxygen atoms in total. The number of hydrogen-bond acceptors (Lipinski definition) is 2. The molecule has 1 aliphatic heterocycles. The van der Waals surface area contributed by atoms with Crippen molar-refractivity contribution in [2.24, 2.45) is 5.92 Å². The monoisotopic (exact) mass is 157 g/mol. The third kappa shape index (κ3) is 2.89. The first-order valence-corrected chi connectivity index (χ1v) is 4.17. The average molecular weight is 157 g/mol. The molecule has 1 N–H and O–H groups in total. The summed E-state index contributed by atoms with van der Waals surface area (Å²) in [6.07, 6.45) is 1.67. The Morgan fingerprint density at radius 2 is 2.55 bits per heavy atom. The molecule has 1 atom stereocenters. The van der Waals surface area contributed by atoms with Crippen molar-refractivity contribution in [2.75, 3.05) is 19.8 Å². The van der Waals surface area contributed by atoms with Crippen LogP contribution in [0.15, 0.2) is 0 Å². The predicted octanol–water partition coefficient (Wildman–Crippen LogP) is 0.549. The van der Waals surface area contributed by atoms with E-state index in [2.05, 4.69) is 5.32 Å². The van der Waals surface area contributed by atoms with Crippen LogP contribution in [0.4, 0.5) is 0 Å². The van der Waals surface area contributed by atoms with Gasteiger partial charge in [0.05, 0.1) is 0 Å². The van der Waals surface area contributed by atoms with Crippen LogP contribution in [0, 0.1) is 5.92 Å². The Morgan fingerprint density at radius 3 is 3.09 bits per heavy atom. The Bertz CT molecular complexity index is 130. The topological polar surface area (TPSA) is 38.3 Å². The van der Waals surface area contributed by atoms with Gasteiger partial charge in [-0.15, -0.1) is 0 Å². The zero-order chi connectivity index (χ0) is 8.10. The highest BCUT2D eigenvalue weighted by Crippen LogP contribution is 2.15. The van der Waals surface area contributed by atoms with Gasteiger partial charge < -0.3 is 10.1 Å². The molecule has 1 aliphatic rings. The maximum Gasteiger partial charge on any atom is 0.220 e. The van der Waals surface area contributed by atoms with Crippen LogP contribution in [0.2, 0.25) is 0 Å². The minimum Gasteiger partial charge on any atom is -0.381 e. The van der Waals surface area contributed by atoms with E-state index in [4.69, 9.17) is 4.74 Å². The third-order valence-corrected chi connectivity index (χ3v) is 1.87. The minimum absolute atomic E-state index is 0.156. The van der Waals surface area contributed by atoms with Crippen LogP contribution < -0.4 is 5.32 Å². The highest BCUT2D eigenvalue weighted by atomic mass is 16.5. The summed E-state index contributed by atoms with van der Waals surface area (Å²) in [5.74, 6) is 0.615. The molecule has 0 bridgehead atoms. The van der Waals surface area contributed by atoms with E-state index in [9.17, 15) is 4.79 Å². The highest BCUT2D eigenvalue weighted by molar-refractivity contribution is 5.76. The molecule has 0 saturated carbocycles. The largest absolute Gasteiger partial charge is 0.381 e. The quantitative estimate of drug-likeness (QED) is 0.649. The number of rotatable bonds is 3. The summed E-state index contributed by atoms with van der Waals surface area (Å²) >= 11 is 0. The van der Waals surface area contributed by atoms with Crippen molar-refractivity contribution in [1.82, 2.24) is 5.32 Å². The zero-order valence-corrected chi connectivity index (χ0v) is 6.93. The second kappa shape index (κ2) is 4.34. The molecule has 1 amide bonds. The van der Waals surface area contributed by atoms with E-state index in [0.29, 0.717) is 12.3 Å².